The van der Waals surface area contributed by atoms with Gasteiger partial charge in [-0.3, -0.25) is 10.2 Å². The number of pyridine rings is 1. The van der Waals surface area contributed by atoms with Crippen LogP contribution in [0.1, 0.15) is 29.9 Å². The average Bonchev–Trinajstić information content (AvgIpc) is 2.78. The van der Waals surface area contributed by atoms with E-state index in [1.165, 1.54) is 26.0 Å². The smallest absolute Gasteiger partial charge is 0.274 e. The molecule has 3 N–H and O–H groups in total. The molecule has 1 fully saturated rings. The Morgan fingerprint density at radius 1 is 1.31 bits per heavy atom. The largest absolute Gasteiger partial charge is 0.345 e. The first-order valence-electron chi connectivity index (χ1n) is 10.6. The predicted molar refractivity (Wildman–Crippen MR) is 129 cm³/mol. The molecule has 36 heavy (non-hydrogen) atoms. The van der Waals surface area contributed by atoms with Gasteiger partial charge in [0.15, 0.2) is 0 Å². The Bertz CT molecular complexity index is 1400. The first-order chi connectivity index (χ1) is 16.6. The van der Waals surface area contributed by atoms with Crippen molar-refractivity contribution in [2.45, 2.75) is 24.6 Å². The molecule has 1 aliphatic rings. The Kier molecular flexibility index (Phi) is 7.39. The SMILES string of the molecule is CCN(C[C@H]1[C@@](C)(c2cc(NC(=O)c3ccc(F)cn3)ccc2F)NC(=N)N(C)S1(=O)=O)S(C)(=O)=O. The van der Waals surface area contributed by atoms with E-state index in [-0.39, 0.29) is 23.5 Å². The Morgan fingerprint density at radius 2 is 1.97 bits per heavy atom. The molecule has 3 rings (SSSR count). The Balaban J connectivity index is 2.09. The van der Waals surface area contributed by atoms with E-state index in [0.29, 0.717) is 4.31 Å². The molecule has 2 heterocycles. The van der Waals surface area contributed by atoms with Crippen LogP contribution in [-0.4, -0.2) is 73.9 Å². The maximum atomic E-state index is 15.2. The van der Waals surface area contributed by atoms with E-state index in [9.17, 15) is 26.0 Å². The zero-order valence-electron chi connectivity index (χ0n) is 19.9. The Labute approximate surface area is 208 Å². The van der Waals surface area contributed by atoms with Crippen LogP contribution in [0.3, 0.4) is 0 Å². The lowest BCUT2D eigenvalue weighted by Crippen LogP contribution is -2.68. The van der Waals surface area contributed by atoms with Gasteiger partial charge < -0.3 is 10.6 Å². The summed E-state index contributed by atoms with van der Waals surface area (Å²) in [6.45, 7) is 2.32. The summed E-state index contributed by atoms with van der Waals surface area (Å²) >= 11 is 0. The fourth-order valence-corrected chi connectivity index (χ4v) is 6.74. The lowest BCUT2D eigenvalue weighted by Gasteiger charge is -2.47. The zero-order valence-corrected chi connectivity index (χ0v) is 21.5. The van der Waals surface area contributed by atoms with Gasteiger partial charge in [0.2, 0.25) is 26.0 Å². The first kappa shape index (κ1) is 27.4. The quantitative estimate of drug-likeness (QED) is 0.475. The van der Waals surface area contributed by atoms with Crippen molar-refractivity contribution in [3.8, 4) is 0 Å². The third-order valence-corrected chi connectivity index (χ3v) is 9.64. The van der Waals surface area contributed by atoms with Gasteiger partial charge in [-0.15, -0.1) is 0 Å². The van der Waals surface area contributed by atoms with E-state index in [2.05, 4.69) is 15.6 Å². The van der Waals surface area contributed by atoms with Crippen molar-refractivity contribution in [3.63, 3.8) is 0 Å². The van der Waals surface area contributed by atoms with Crippen molar-refractivity contribution in [2.24, 2.45) is 0 Å². The molecule has 1 aromatic carbocycles. The molecule has 15 heteroatoms. The van der Waals surface area contributed by atoms with E-state index < -0.39 is 60.9 Å². The molecule has 1 aromatic heterocycles. The molecule has 2 atom stereocenters. The van der Waals surface area contributed by atoms with Gasteiger partial charge in [0.05, 0.1) is 18.0 Å². The van der Waals surface area contributed by atoms with Crippen molar-refractivity contribution in [1.82, 2.24) is 18.9 Å². The van der Waals surface area contributed by atoms with E-state index in [1.807, 2.05) is 0 Å². The normalized spacial score (nSPS) is 21.8. The monoisotopic (exact) mass is 544 g/mol. The van der Waals surface area contributed by atoms with Gasteiger partial charge in [0, 0.05) is 31.4 Å². The van der Waals surface area contributed by atoms with Crippen LogP contribution in [0.25, 0.3) is 0 Å². The molecule has 1 aliphatic heterocycles. The lowest BCUT2D eigenvalue weighted by atomic mass is 9.87. The standard InChI is InChI=1S/C21H26F2N6O5S2/c1-5-29(35(4,31)32)12-18-21(2,27-20(24)28(3)36(18,33)34)15-10-14(7-8-16(15)23)26-19(30)17-9-6-13(22)11-25-17/h6-11,18H,5,12H2,1-4H3,(H2,24,27)(H,26,30)/t18-,21+/m0/s1. The maximum absolute atomic E-state index is 15.2. The average molecular weight is 545 g/mol. The van der Waals surface area contributed by atoms with Crippen LogP contribution in [0.15, 0.2) is 36.5 Å². The number of nitrogens with one attached hydrogen (secondary N) is 3. The number of amides is 1. The van der Waals surface area contributed by atoms with E-state index in [4.69, 9.17) is 5.41 Å². The summed E-state index contributed by atoms with van der Waals surface area (Å²) in [5.74, 6) is -2.75. The number of anilines is 1. The zero-order chi connectivity index (χ0) is 27.1. The summed E-state index contributed by atoms with van der Waals surface area (Å²) in [4.78, 5) is 16.2. The van der Waals surface area contributed by atoms with Crippen LogP contribution in [0, 0.1) is 17.0 Å². The summed E-state index contributed by atoms with van der Waals surface area (Å²) in [6.07, 6.45) is 1.79. The van der Waals surface area contributed by atoms with Crippen molar-refractivity contribution in [1.29, 1.82) is 5.41 Å². The van der Waals surface area contributed by atoms with Crippen LogP contribution in [0.2, 0.25) is 0 Å². The van der Waals surface area contributed by atoms with Crippen molar-refractivity contribution < 1.29 is 30.4 Å². The fourth-order valence-electron chi connectivity index (χ4n) is 3.93. The van der Waals surface area contributed by atoms with Crippen LogP contribution in [0.5, 0.6) is 0 Å². The highest BCUT2D eigenvalue weighted by Gasteiger charge is 2.53. The molecule has 196 valence electrons. The molecule has 0 bridgehead atoms. The molecule has 11 nitrogen and oxygen atoms in total. The van der Waals surface area contributed by atoms with Crippen molar-refractivity contribution >= 4 is 37.6 Å². The highest BCUT2D eigenvalue weighted by atomic mass is 32.2. The number of carbonyl (C=O) groups is 1. The van der Waals surface area contributed by atoms with Crippen LogP contribution in [-0.2, 0) is 25.6 Å². The third-order valence-electron chi connectivity index (χ3n) is 6.01. The first-order valence-corrected chi connectivity index (χ1v) is 14.0. The number of halogens is 2. The van der Waals surface area contributed by atoms with Gasteiger partial charge in [-0.2, -0.15) is 0 Å². The third kappa shape index (κ3) is 5.17. The van der Waals surface area contributed by atoms with Gasteiger partial charge in [0.25, 0.3) is 5.91 Å². The van der Waals surface area contributed by atoms with Gasteiger partial charge in [0.1, 0.15) is 22.6 Å². The molecule has 1 saturated heterocycles. The van der Waals surface area contributed by atoms with E-state index in [0.717, 1.165) is 42.0 Å². The maximum Gasteiger partial charge on any atom is 0.274 e. The summed E-state index contributed by atoms with van der Waals surface area (Å²) in [6, 6.07) is 5.65. The van der Waals surface area contributed by atoms with Crippen LogP contribution < -0.4 is 10.6 Å². The fraction of sp³-hybridized carbons (Fsp3) is 0.381. The molecule has 0 saturated carbocycles. The summed E-state index contributed by atoms with van der Waals surface area (Å²) in [7, 11) is -7.01. The van der Waals surface area contributed by atoms with E-state index in [1.54, 1.807) is 0 Å². The molecule has 2 aromatic rings. The lowest BCUT2D eigenvalue weighted by molar-refractivity contribution is 0.102. The number of carbonyl (C=O) groups excluding carboxylic acids is 1. The number of sulfonamides is 2. The van der Waals surface area contributed by atoms with Crippen molar-refractivity contribution in [2.75, 3.05) is 31.7 Å². The Hall–Kier alpha value is -3.17. The molecular weight excluding hydrogens is 518 g/mol. The van der Waals surface area contributed by atoms with E-state index >= 15 is 4.39 Å². The van der Waals surface area contributed by atoms with Crippen LogP contribution in [0.4, 0.5) is 14.5 Å². The number of rotatable bonds is 7. The molecule has 1 amide bonds. The number of benzene rings is 1. The predicted octanol–water partition coefficient (Wildman–Crippen LogP) is 1.28. The number of aromatic nitrogens is 1. The number of guanidine groups is 1. The minimum atomic E-state index is -4.33. The summed E-state index contributed by atoms with van der Waals surface area (Å²) in [5.41, 5.74) is -2.06. The summed E-state index contributed by atoms with van der Waals surface area (Å²) in [5, 5.41) is 11.8. The second-order valence-corrected chi connectivity index (χ2v) is 12.5. The van der Waals surface area contributed by atoms with Gasteiger partial charge in [-0.05, 0) is 37.3 Å². The van der Waals surface area contributed by atoms with Gasteiger partial charge in [-0.1, -0.05) is 6.92 Å². The highest BCUT2D eigenvalue weighted by molar-refractivity contribution is 7.90. The molecule has 0 radical (unpaired) electrons. The molecule has 0 spiro atoms. The van der Waals surface area contributed by atoms with Crippen LogP contribution >= 0.6 is 0 Å². The minimum Gasteiger partial charge on any atom is -0.345 e. The highest BCUT2D eigenvalue weighted by Crippen LogP contribution is 2.37. The molecule has 0 unspecified atom stereocenters. The topological polar surface area (TPSA) is 153 Å². The van der Waals surface area contributed by atoms with Gasteiger partial charge in [-0.25, -0.2) is 39.2 Å². The second-order valence-electron chi connectivity index (χ2n) is 8.40. The number of nitrogens with zero attached hydrogens (tertiary/aromatic N) is 3. The minimum absolute atomic E-state index is 0.0364. The van der Waals surface area contributed by atoms with Crippen molar-refractivity contribution in [3.05, 3.63) is 59.4 Å². The molecular formula is C21H26F2N6O5S2. The Morgan fingerprint density at radius 3 is 2.53 bits per heavy atom. The van der Waals surface area contributed by atoms with Gasteiger partial charge >= 0.3 is 0 Å². The second kappa shape index (κ2) is 9.71. The summed E-state index contributed by atoms with van der Waals surface area (Å²) < 4.78 is 81.1. The number of hydrogen-bond donors (Lipinski definition) is 3. The number of hydrogen-bond acceptors (Lipinski definition) is 7. The molecule has 0 aliphatic carbocycles.